The number of allylic oxidation sites excluding steroid dienone is 10. The van der Waals surface area contributed by atoms with Crippen LogP contribution in [0.4, 0.5) is 0 Å². The quantitative estimate of drug-likeness (QED) is 0.0211. The Morgan fingerprint density at radius 1 is 0.470 bits per heavy atom. The maximum atomic E-state index is 12.8. The van der Waals surface area contributed by atoms with E-state index in [0.29, 0.717) is 17.4 Å². The van der Waals surface area contributed by atoms with Crippen LogP contribution in [0.5, 0.6) is 0 Å². The highest BCUT2D eigenvalue weighted by atomic mass is 16.7. The van der Waals surface area contributed by atoms with Gasteiger partial charge in [-0.15, -0.1) is 0 Å². The summed E-state index contributed by atoms with van der Waals surface area (Å²) in [4.78, 5) is 37.1. The van der Waals surface area contributed by atoms with E-state index in [9.17, 15) is 19.5 Å². The van der Waals surface area contributed by atoms with Crippen LogP contribution >= 0.6 is 0 Å². The molecule has 2 unspecified atom stereocenters. The number of aliphatic carboxylic acids is 1. The number of unbranched alkanes of at least 4 members (excludes halogenated alkanes) is 24. The van der Waals surface area contributed by atoms with Crippen molar-refractivity contribution in [3.63, 3.8) is 0 Å². The van der Waals surface area contributed by atoms with E-state index >= 15 is 0 Å². The summed E-state index contributed by atoms with van der Waals surface area (Å²) >= 11 is 0. The van der Waals surface area contributed by atoms with Crippen molar-refractivity contribution in [2.45, 2.75) is 238 Å². The van der Waals surface area contributed by atoms with Crippen molar-refractivity contribution >= 4 is 17.9 Å². The summed E-state index contributed by atoms with van der Waals surface area (Å²) in [5.41, 5.74) is 0. The first-order valence-corrected chi connectivity index (χ1v) is 27.0. The molecule has 2 atom stereocenters. The number of carbonyl (C=O) groups is 3. The van der Waals surface area contributed by atoms with Crippen molar-refractivity contribution in [1.29, 1.82) is 0 Å². The van der Waals surface area contributed by atoms with Crippen molar-refractivity contribution < 1.29 is 42.9 Å². The zero-order chi connectivity index (χ0) is 48.4. The van der Waals surface area contributed by atoms with Crippen molar-refractivity contribution in [2.24, 2.45) is 0 Å². The van der Waals surface area contributed by atoms with Crippen LogP contribution in [0.25, 0.3) is 0 Å². The van der Waals surface area contributed by atoms with Gasteiger partial charge in [-0.2, -0.15) is 0 Å². The van der Waals surface area contributed by atoms with Crippen LogP contribution in [0.1, 0.15) is 226 Å². The number of carboxylic acids is 1. The highest BCUT2D eigenvalue weighted by molar-refractivity contribution is 5.71. The zero-order valence-corrected chi connectivity index (χ0v) is 43.3. The molecule has 9 nitrogen and oxygen atoms in total. The summed E-state index contributed by atoms with van der Waals surface area (Å²) in [5.74, 6) is -2.00. The summed E-state index contributed by atoms with van der Waals surface area (Å²) in [7, 11) is 5.96. The third-order valence-corrected chi connectivity index (χ3v) is 11.5. The maximum absolute atomic E-state index is 12.8. The summed E-state index contributed by atoms with van der Waals surface area (Å²) in [6, 6.07) is 0. The fourth-order valence-corrected chi connectivity index (χ4v) is 7.39. The molecule has 0 aliphatic heterocycles. The second-order valence-electron chi connectivity index (χ2n) is 19.2. The Morgan fingerprint density at radius 2 is 0.864 bits per heavy atom. The van der Waals surface area contributed by atoms with Crippen LogP contribution in [0.3, 0.4) is 0 Å². The standard InChI is InChI=1S/C57H101NO8/c1-6-8-10-12-14-16-17-18-19-20-21-22-23-24-25-26-27-28-29-30-31-32-33-34-35-36-37-38-39-40-42-44-46-48-55(60)66-53(52-65-57(56(61)62)63-50-49-58(3,4)5)51-64-54(59)47-45-43-41-15-13-11-9-7-2/h8,10,14,16,18-19,21-22,24-25,53,57H,6-7,9,11-13,15,17,20,23,26-52H2,1-5H3/p+1/b10-8-,16-14-,19-18-,22-21-,25-24-. The minimum Gasteiger partial charge on any atom is -0.477 e. The van der Waals surface area contributed by atoms with Gasteiger partial charge >= 0.3 is 17.9 Å². The largest absolute Gasteiger partial charge is 0.477 e. The Bertz CT molecular complexity index is 1270. The van der Waals surface area contributed by atoms with E-state index in [1.54, 1.807) is 0 Å². The van der Waals surface area contributed by atoms with Crippen molar-refractivity contribution in [3.8, 4) is 0 Å². The number of carboxylic acid groups (broad SMARTS) is 1. The van der Waals surface area contributed by atoms with Crippen LogP contribution in [-0.4, -0.2) is 87.4 Å². The molecule has 0 bridgehead atoms. The predicted octanol–water partition coefficient (Wildman–Crippen LogP) is 15.3. The lowest BCUT2D eigenvalue weighted by Crippen LogP contribution is -2.40. The Labute approximate surface area is 405 Å². The van der Waals surface area contributed by atoms with Crippen LogP contribution in [0.2, 0.25) is 0 Å². The monoisotopic (exact) mass is 929 g/mol. The van der Waals surface area contributed by atoms with E-state index in [0.717, 1.165) is 70.6 Å². The van der Waals surface area contributed by atoms with Crippen LogP contribution in [0.15, 0.2) is 60.8 Å². The van der Waals surface area contributed by atoms with Gasteiger partial charge in [0.25, 0.3) is 6.29 Å². The van der Waals surface area contributed by atoms with Crippen molar-refractivity contribution in [2.75, 3.05) is 47.5 Å². The zero-order valence-electron chi connectivity index (χ0n) is 43.3. The molecule has 0 amide bonds. The Kier molecular flexibility index (Phi) is 46.2. The Balaban J connectivity index is 4.02. The lowest BCUT2D eigenvalue weighted by Gasteiger charge is -2.25. The highest BCUT2D eigenvalue weighted by Gasteiger charge is 2.25. The van der Waals surface area contributed by atoms with Gasteiger partial charge in [0.15, 0.2) is 6.10 Å². The fraction of sp³-hybridized carbons (Fsp3) is 0.772. The van der Waals surface area contributed by atoms with Crippen LogP contribution < -0.4 is 0 Å². The number of ether oxygens (including phenoxy) is 4. The number of hydrogen-bond donors (Lipinski definition) is 1. The molecular formula is C57H102NO8+. The summed E-state index contributed by atoms with van der Waals surface area (Å²) in [5, 5.41) is 9.64. The minimum absolute atomic E-state index is 0.180. The summed E-state index contributed by atoms with van der Waals surface area (Å²) < 4.78 is 22.7. The first kappa shape index (κ1) is 63.0. The van der Waals surface area contributed by atoms with Gasteiger partial charge in [-0.3, -0.25) is 9.59 Å². The normalized spacial score (nSPS) is 13.3. The van der Waals surface area contributed by atoms with Gasteiger partial charge in [0.2, 0.25) is 0 Å². The van der Waals surface area contributed by atoms with E-state index < -0.39 is 24.3 Å². The van der Waals surface area contributed by atoms with Gasteiger partial charge in [-0.25, -0.2) is 4.79 Å². The lowest BCUT2D eigenvalue weighted by atomic mass is 10.0. The average Bonchev–Trinajstić information content (AvgIpc) is 3.28. The number of likely N-dealkylation sites (N-methyl/N-ethyl adjacent to an activating group) is 1. The number of esters is 2. The molecule has 0 spiro atoms. The molecular weight excluding hydrogens is 827 g/mol. The number of hydrogen-bond acceptors (Lipinski definition) is 7. The van der Waals surface area contributed by atoms with E-state index in [2.05, 4.69) is 74.6 Å². The first-order valence-electron chi connectivity index (χ1n) is 27.0. The second-order valence-corrected chi connectivity index (χ2v) is 19.2. The number of quaternary nitrogens is 1. The summed E-state index contributed by atoms with van der Waals surface area (Å²) in [6.45, 7) is 4.73. The molecule has 0 radical (unpaired) electrons. The molecule has 0 saturated carbocycles. The van der Waals surface area contributed by atoms with Crippen molar-refractivity contribution in [3.05, 3.63) is 60.8 Å². The van der Waals surface area contributed by atoms with E-state index in [-0.39, 0.29) is 32.2 Å². The van der Waals surface area contributed by atoms with Crippen LogP contribution in [-0.2, 0) is 33.3 Å². The molecule has 66 heavy (non-hydrogen) atoms. The van der Waals surface area contributed by atoms with Crippen LogP contribution in [0, 0.1) is 0 Å². The first-order chi connectivity index (χ1) is 32.1. The third kappa shape index (κ3) is 48.9. The van der Waals surface area contributed by atoms with Gasteiger partial charge in [-0.1, -0.05) is 216 Å². The molecule has 1 N–H and O–H groups in total. The number of carbonyl (C=O) groups excluding carboxylic acids is 2. The van der Waals surface area contributed by atoms with Crippen molar-refractivity contribution in [1.82, 2.24) is 0 Å². The molecule has 0 aliphatic carbocycles. The number of nitrogens with zero attached hydrogens (tertiary/aromatic N) is 1. The Hall–Kier alpha value is -3.01. The van der Waals surface area contributed by atoms with Gasteiger partial charge in [0, 0.05) is 12.8 Å². The second kappa shape index (κ2) is 48.4. The van der Waals surface area contributed by atoms with Gasteiger partial charge in [-0.05, 0) is 57.8 Å². The fourth-order valence-electron chi connectivity index (χ4n) is 7.39. The average molecular weight is 929 g/mol. The molecule has 0 saturated heterocycles. The molecule has 0 aromatic carbocycles. The molecule has 9 heteroatoms. The van der Waals surface area contributed by atoms with E-state index in [1.165, 1.54) is 128 Å². The molecule has 0 aromatic rings. The number of rotatable bonds is 49. The molecule has 0 heterocycles. The molecule has 0 aromatic heterocycles. The lowest BCUT2D eigenvalue weighted by molar-refractivity contribution is -0.870. The smallest absolute Gasteiger partial charge is 0.361 e. The Morgan fingerprint density at radius 3 is 1.29 bits per heavy atom. The highest BCUT2D eigenvalue weighted by Crippen LogP contribution is 2.16. The maximum Gasteiger partial charge on any atom is 0.361 e. The van der Waals surface area contributed by atoms with Gasteiger partial charge in [0.1, 0.15) is 13.2 Å². The minimum atomic E-state index is -1.51. The SMILES string of the molecule is CC/C=C\C/C=C\C/C=C\C/C=C\C/C=C\CCCCCCCCCCCCCCCCCCCC(=O)OC(COC(=O)CCCCCCCCCC)COC(OCC[N+](C)(C)C)C(=O)O. The topological polar surface area (TPSA) is 108 Å². The molecule has 0 fully saturated rings. The molecule has 382 valence electrons. The summed E-state index contributed by atoms with van der Waals surface area (Å²) in [6.07, 6.45) is 57.5. The molecule has 0 rings (SSSR count). The van der Waals surface area contributed by atoms with E-state index in [4.69, 9.17) is 18.9 Å². The van der Waals surface area contributed by atoms with E-state index in [1.807, 2.05) is 21.1 Å². The van der Waals surface area contributed by atoms with Gasteiger partial charge in [0.05, 0.1) is 34.4 Å². The van der Waals surface area contributed by atoms with Gasteiger partial charge < -0.3 is 28.5 Å². The predicted molar refractivity (Wildman–Crippen MR) is 276 cm³/mol. The third-order valence-electron chi connectivity index (χ3n) is 11.5. The molecule has 0 aliphatic rings.